The summed E-state index contributed by atoms with van der Waals surface area (Å²) in [6.07, 6.45) is 24.1. The smallest absolute Gasteiger partial charge is 0.0575 e. The van der Waals surface area contributed by atoms with Crippen LogP contribution in [0.1, 0.15) is 143 Å². The molecule has 0 heterocycles. The van der Waals surface area contributed by atoms with Gasteiger partial charge in [-0.15, -0.1) is 0 Å². The summed E-state index contributed by atoms with van der Waals surface area (Å²) in [5, 5.41) is 0. The largest absolute Gasteiger partial charge is 0.381 e. The molecule has 0 N–H and O–H groups in total. The molecule has 0 aromatic heterocycles. The SMILES string of the molecule is CCCCCCCC(CCCCOCCCCC(CCCCCCC)OCC)OCC. The van der Waals surface area contributed by atoms with Gasteiger partial charge in [-0.3, -0.25) is 0 Å². The highest BCUT2D eigenvalue weighted by Crippen LogP contribution is 2.16. The van der Waals surface area contributed by atoms with Crippen molar-refractivity contribution in [1.29, 1.82) is 0 Å². The third kappa shape index (κ3) is 22.9. The Morgan fingerprint density at radius 1 is 0.419 bits per heavy atom. The molecule has 0 bridgehead atoms. The van der Waals surface area contributed by atoms with Crippen LogP contribution in [0.5, 0.6) is 0 Å². The van der Waals surface area contributed by atoms with Crippen molar-refractivity contribution in [2.75, 3.05) is 26.4 Å². The van der Waals surface area contributed by atoms with Crippen LogP contribution in [-0.2, 0) is 14.2 Å². The molecule has 2 atom stereocenters. The van der Waals surface area contributed by atoms with Crippen molar-refractivity contribution in [2.45, 2.75) is 155 Å². The summed E-state index contributed by atoms with van der Waals surface area (Å²) in [4.78, 5) is 0. The van der Waals surface area contributed by atoms with E-state index in [4.69, 9.17) is 14.2 Å². The van der Waals surface area contributed by atoms with Gasteiger partial charge in [0.1, 0.15) is 0 Å². The molecule has 3 heteroatoms. The van der Waals surface area contributed by atoms with Crippen molar-refractivity contribution in [3.8, 4) is 0 Å². The Morgan fingerprint density at radius 3 is 1.13 bits per heavy atom. The summed E-state index contributed by atoms with van der Waals surface area (Å²) in [6.45, 7) is 12.3. The number of hydrogen-bond donors (Lipinski definition) is 0. The lowest BCUT2D eigenvalue weighted by atomic mass is 10.0. The van der Waals surface area contributed by atoms with E-state index in [1.165, 1.54) is 116 Å². The fraction of sp³-hybridized carbons (Fsp3) is 1.00. The van der Waals surface area contributed by atoms with Gasteiger partial charge in [0.05, 0.1) is 12.2 Å². The lowest BCUT2D eigenvalue weighted by molar-refractivity contribution is 0.0418. The summed E-state index contributed by atoms with van der Waals surface area (Å²) in [7, 11) is 0. The average Bonchev–Trinajstić information content (AvgIpc) is 2.77. The topological polar surface area (TPSA) is 27.7 Å². The second-order valence-corrected chi connectivity index (χ2v) is 9.16. The first kappa shape index (κ1) is 30.9. The molecule has 0 aromatic carbocycles. The second-order valence-electron chi connectivity index (χ2n) is 9.16. The van der Waals surface area contributed by atoms with Crippen LogP contribution in [0, 0.1) is 0 Å². The second kappa shape index (κ2) is 26.1. The molecule has 0 saturated heterocycles. The molecule has 0 spiro atoms. The van der Waals surface area contributed by atoms with Crippen LogP contribution in [0.2, 0.25) is 0 Å². The van der Waals surface area contributed by atoms with Crippen molar-refractivity contribution >= 4 is 0 Å². The van der Waals surface area contributed by atoms with Crippen molar-refractivity contribution in [3.05, 3.63) is 0 Å². The minimum atomic E-state index is 0.462. The van der Waals surface area contributed by atoms with E-state index in [1.54, 1.807) is 0 Å². The lowest BCUT2D eigenvalue weighted by Crippen LogP contribution is -2.14. The standard InChI is InChI=1S/C28H58O3/c1-5-9-11-13-15-21-27(30-7-3)23-17-19-25-29-26-20-18-24-28(31-8-4)22-16-14-12-10-6-2/h27-28H,5-26H2,1-4H3. The van der Waals surface area contributed by atoms with E-state index in [1.807, 2.05) is 0 Å². The van der Waals surface area contributed by atoms with Gasteiger partial charge in [-0.05, 0) is 65.2 Å². The van der Waals surface area contributed by atoms with E-state index in [9.17, 15) is 0 Å². The van der Waals surface area contributed by atoms with Crippen LogP contribution in [0.15, 0.2) is 0 Å². The van der Waals surface area contributed by atoms with Crippen molar-refractivity contribution in [1.82, 2.24) is 0 Å². The molecule has 0 rings (SSSR count). The minimum absolute atomic E-state index is 0.462. The van der Waals surface area contributed by atoms with E-state index in [2.05, 4.69) is 27.7 Å². The predicted octanol–water partition coefficient (Wildman–Crippen LogP) is 8.87. The highest BCUT2D eigenvalue weighted by molar-refractivity contribution is 4.61. The highest BCUT2D eigenvalue weighted by Gasteiger charge is 2.09. The predicted molar refractivity (Wildman–Crippen MR) is 136 cm³/mol. The maximum Gasteiger partial charge on any atom is 0.0575 e. The Bertz CT molecular complexity index is 291. The van der Waals surface area contributed by atoms with Crippen molar-refractivity contribution in [2.24, 2.45) is 0 Å². The molecule has 3 nitrogen and oxygen atoms in total. The van der Waals surface area contributed by atoms with Gasteiger partial charge in [-0.2, -0.15) is 0 Å². The molecule has 0 saturated carbocycles. The number of rotatable bonds is 26. The van der Waals surface area contributed by atoms with Crippen molar-refractivity contribution in [3.63, 3.8) is 0 Å². The molecule has 31 heavy (non-hydrogen) atoms. The van der Waals surface area contributed by atoms with Crippen LogP contribution in [0.25, 0.3) is 0 Å². The van der Waals surface area contributed by atoms with E-state index < -0.39 is 0 Å². The molecule has 0 aromatic rings. The Labute approximate surface area is 196 Å². The number of ether oxygens (including phenoxy) is 3. The molecular weight excluding hydrogens is 384 g/mol. The third-order valence-electron chi connectivity index (χ3n) is 6.19. The van der Waals surface area contributed by atoms with Gasteiger partial charge in [0.15, 0.2) is 0 Å². The fourth-order valence-corrected chi connectivity index (χ4v) is 4.30. The van der Waals surface area contributed by atoms with Crippen LogP contribution in [0.3, 0.4) is 0 Å². The molecule has 0 aliphatic carbocycles. The third-order valence-corrected chi connectivity index (χ3v) is 6.19. The van der Waals surface area contributed by atoms with E-state index in [0.717, 1.165) is 26.4 Å². The Balaban J connectivity index is 3.60. The normalized spacial score (nSPS) is 13.5. The number of unbranched alkanes of at least 4 members (excludes halogenated alkanes) is 10. The van der Waals surface area contributed by atoms with Gasteiger partial charge in [-0.25, -0.2) is 0 Å². The first-order valence-electron chi connectivity index (χ1n) is 14.1. The first-order chi connectivity index (χ1) is 15.3. The van der Waals surface area contributed by atoms with Gasteiger partial charge in [0.25, 0.3) is 0 Å². The van der Waals surface area contributed by atoms with Gasteiger partial charge in [0.2, 0.25) is 0 Å². The first-order valence-corrected chi connectivity index (χ1v) is 14.1. The lowest BCUT2D eigenvalue weighted by Gasteiger charge is -2.17. The summed E-state index contributed by atoms with van der Waals surface area (Å²) in [5.41, 5.74) is 0. The van der Waals surface area contributed by atoms with Crippen LogP contribution < -0.4 is 0 Å². The average molecular weight is 443 g/mol. The van der Waals surface area contributed by atoms with Gasteiger partial charge >= 0.3 is 0 Å². The molecule has 0 aliphatic heterocycles. The zero-order chi connectivity index (χ0) is 22.8. The molecule has 0 amide bonds. The van der Waals surface area contributed by atoms with Crippen LogP contribution in [0.4, 0.5) is 0 Å². The molecule has 0 aliphatic rings. The molecule has 2 unspecified atom stereocenters. The number of hydrogen-bond acceptors (Lipinski definition) is 3. The molecule has 188 valence electrons. The summed E-state index contributed by atoms with van der Waals surface area (Å²) in [6, 6.07) is 0. The maximum absolute atomic E-state index is 5.94. The summed E-state index contributed by atoms with van der Waals surface area (Å²) < 4.78 is 17.8. The highest BCUT2D eigenvalue weighted by atomic mass is 16.5. The van der Waals surface area contributed by atoms with Crippen LogP contribution in [-0.4, -0.2) is 38.6 Å². The van der Waals surface area contributed by atoms with E-state index >= 15 is 0 Å². The molecule has 0 radical (unpaired) electrons. The van der Waals surface area contributed by atoms with Crippen LogP contribution >= 0.6 is 0 Å². The minimum Gasteiger partial charge on any atom is -0.381 e. The summed E-state index contributed by atoms with van der Waals surface area (Å²) in [5.74, 6) is 0. The Hall–Kier alpha value is -0.120. The maximum atomic E-state index is 5.94. The van der Waals surface area contributed by atoms with E-state index in [0.29, 0.717) is 12.2 Å². The van der Waals surface area contributed by atoms with Gasteiger partial charge < -0.3 is 14.2 Å². The summed E-state index contributed by atoms with van der Waals surface area (Å²) >= 11 is 0. The Kier molecular flexibility index (Phi) is 26.0. The molecular formula is C28H58O3. The zero-order valence-electron chi connectivity index (χ0n) is 21.9. The zero-order valence-corrected chi connectivity index (χ0v) is 21.9. The van der Waals surface area contributed by atoms with Gasteiger partial charge in [0, 0.05) is 26.4 Å². The van der Waals surface area contributed by atoms with Crippen molar-refractivity contribution < 1.29 is 14.2 Å². The quantitative estimate of drug-likeness (QED) is 0.125. The van der Waals surface area contributed by atoms with Gasteiger partial charge in [-0.1, -0.05) is 78.1 Å². The molecule has 0 fully saturated rings. The monoisotopic (exact) mass is 442 g/mol. The Morgan fingerprint density at radius 2 is 0.774 bits per heavy atom. The fourth-order valence-electron chi connectivity index (χ4n) is 4.30. The van der Waals surface area contributed by atoms with E-state index in [-0.39, 0.29) is 0 Å².